The molecular weight excluding hydrogens is 248 g/mol. The molecule has 1 unspecified atom stereocenters. The zero-order valence-corrected chi connectivity index (χ0v) is 10.2. The first-order valence-electron chi connectivity index (χ1n) is 5.61. The van der Waals surface area contributed by atoms with E-state index in [4.69, 9.17) is 9.52 Å². The average molecular weight is 260 g/mol. The molecule has 6 heteroatoms. The van der Waals surface area contributed by atoms with Crippen molar-refractivity contribution >= 4 is 11.9 Å². The number of amides is 1. The number of carboxylic acid groups (broad SMARTS) is 1. The molecule has 2 aromatic rings. The zero-order valence-electron chi connectivity index (χ0n) is 10.2. The summed E-state index contributed by atoms with van der Waals surface area (Å²) >= 11 is 0. The molecule has 0 bridgehead atoms. The van der Waals surface area contributed by atoms with Crippen molar-refractivity contribution in [1.29, 1.82) is 0 Å². The van der Waals surface area contributed by atoms with Gasteiger partial charge in [-0.05, 0) is 19.1 Å². The Hall–Kier alpha value is -2.63. The summed E-state index contributed by atoms with van der Waals surface area (Å²) in [6, 6.07) is 6.27. The van der Waals surface area contributed by atoms with Crippen LogP contribution in [0.1, 0.15) is 39.6 Å². The molecule has 0 aromatic carbocycles. The Labute approximate surface area is 109 Å². The van der Waals surface area contributed by atoms with E-state index < -0.39 is 11.9 Å². The molecular formula is C13H12N2O4. The van der Waals surface area contributed by atoms with Crippen LogP contribution in [-0.2, 0) is 0 Å². The summed E-state index contributed by atoms with van der Waals surface area (Å²) in [5.74, 6) is -1.66. The van der Waals surface area contributed by atoms with Crippen LogP contribution in [0.4, 0.5) is 0 Å². The number of pyridine rings is 1. The molecule has 1 atom stereocenters. The van der Waals surface area contributed by atoms with Gasteiger partial charge in [0.05, 0.1) is 17.3 Å². The fourth-order valence-electron chi connectivity index (χ4n) is 1.54. The summed E-state index contributed by atoms with van der Waals surface area (Å²) in [5.41, 5.74) is 0.650. The maximum absolute atomic E-state index is 11.8. The van der Waals surface area contributed by atoms with Gasteiger partial charge in [-0.15, -0.1) is 0 Å². The average Bonchev–Trinajstić information content (AvgIpc) is 2.89. The Morgan fingerprint density at radius 1 is 1.42 bits per heavy atom. The number of rotatable bonds is 4. The van der Waals surface area contributed by atoms with Crippen molar-refractivity contribution in [3.05, 3.63) is 53.7 Å². The van der Waals surface area contributed by atoms with Crippen molar-refractivity contribution in [2.75, 3.05) is 0 Å². The maximum atomic E-state index is 11.8. The molecule has 0 aliphatic rings. The topological polar surface area (TPSA) is 92.4 Å². The van der Waals surface area contributed by atoms with Gasteiger partial charge >= 0.3 is 5.97 Å². The minimum atomic E-state index is -1.14. The molecule has 0 fully saturated rings. The van der Waals surface area contributed by atoms with Crippen LogP contribution in [0.2, 0.25) is 0 Å². The second-order valence-corrected chi connectivity index (χ2v) is 3.95. The monoisotopic (exact) mass is 260 g/mol. The van der Waals surface area contributed by atoms with Crippen LogP contribution >= 0.6 is 0 Å². The van der Waals surface area contributed by atoms with Gasteiger partial charge in [-0.2, -0.15) is 0 Å². The van der Waals surface area contributed by atoms with Crippen molar-refractivity contribution in [2.45, 2.75) is 13.0 Å². The molecule has 0 aliphatic carbocycles. The molecule has 2 N–H and O–H groups in total. The first kappa shape index (κ1) is 12.8. The quantitative estimate of drug-likeness (QED) is 0.875. The molecule has 2 aromatic heterocycles. The molecule has 2 rings (SSSR count). The van der Waals surface area contributed by atoms with E-state index in [9.17, 15) is 9.59 Å². The second-order valence-electron chi connectivity index (χ2n) is 3.95. The highest BCUT2D eigenvalue weighted by Gasteiger charge is 2.17. The van der Waals surface area contributed by atoms with Gasteiger partial charge in [0.2, 0.25) is 0 Å². The predicted octanol–water partition coefficient (Wildman–Crippen LogP) is 1.86. The van der Waals surface area contributed by atoms with Gasteiger partial charge in [-0.1, -0.05) is 6.07 Å². The molecule has 19 heavy (non-hydrogen) atoms. The first-order valence-corrected chi connectivity index (χ1v) is 5.61. The standard InChI is InChI=1S/C13H12N2O4/c1-8(10-4-2-3-5-14-10)15-12(16)11-6-9(7-19-11)13(17)18/h2-8H,1H3,(H,15,16)(H,17,18). The molecule has 0 saturated heterocycles. The van der Waals surface area contributed by atoms with E-state index >= 15 is 0 Å². The van der Waals surface area contributed by atoms with Gasteiger partial charge in [-0.3, -0.25) is 9.78 Å². The SMILES string of the molecule is CC(NC(=O)c1cc(C(=O)O)co1)c1ccccn1. The van der Waals surface area contributed by atoms with E-state index in [1.54, 1.807) is 25.3 Å². The van der Waals surface area contributed by atoms with Crippen molar-refractivity contribution < 1.29 is 19.1 Å². The van der Waals surface area contributed by atoms with Crippen LogP contribution in [0.3, 0.4) is 0 Å². The summed E-state index contributed by atoms with van der Waals surface area (Å²) < 4.78 is 4.91. The summed E-state index contributed by atoms with van der Waals surface area (Å²) in [6.45, 7) is 1.78. The summed E-state index contributed by atoms with van der Waals surface area (Å²) in [5, 5.41) is 11.4. The highest BCUT2D eigenvalue weighted by atomic mass is 16.4. The predicted molar refractivity (Wildman–Crippen MR) is 65.8 cm³/mol. The van der Waals surface area contributed by atoms with Crippen molar-refractivity contribution in [3.63, 3.8) is 0 Å². The number of furan rings is 1. The highest BCUT2D eigenvalue weighted by molar-refractivity contribution is 5.95. The number of carbonyl (C=O) groups excluding carboxylic acids is 1. The second kappa shape index (κ2) is 5.34. The first-order chi connectivity index (χ1) is 9.08. The summed E-state index contributed by atoms with van der Waals surface area (Å²) in [6.07, 6.45) is 2.66. The van der Waals surface area contributed by atoms with Gasteiger partial charge in [0.1, 0.15) is 6.26 Å². The molecule has 0 radical (unpaired) electrons. The Balaban J connectivity index is 2.06. The molecule has 0 spiro atoms. The lowest BCUT2D eigenvalue weighted by Gasteiger charge is -2.11. The van der Waals surface area contributed by atoms with E-state index in [1.165, 1.54) is 6.07 Å². The molecule has 6 nitrogen and oxygen atoms in total. The number of aromatic nitrogens is 1. The van der Waals surface area contributed by atoms with Crippen LogP contribution in [-0.4, -0.2) is 22.0 Å². The maximum Gasteiger partial charge on any atom is 0.338 e. The van der Waals surface area contributed by atoms with Gasteiger partial charge in [0.25, 0.3) is 5.91 Å². The van der Waals surface area contributed by atoms with E-state index in [0.29, 0.717) is 5.69 Å². The van der Waals surface area contributed by atoms with Crippen molar-refractivity contribution in [3.8, 4) is 0 Å². The number of carboxylic acids is 1. The Morgan fingerprint density at radius 2 is 2.21 bits per heavy atom. The third-order valence-corrected chi connectivity index (χ3v) is 2.55. The number of hydrogen-bond donors (Lipinski definition) is 2. The van der Waals surface area contributed by atoms with Gasteiger partial charge < -0.3 is 14.8 Å². The number of hydrogen-bond acceptors (Lipinski definition) is 4. The minimum Gasteiger partial charge on any atom is -0.478 e. The molecule has 2 heterocycles. The minimum absolute atomic E-state index is 0.0415. The van der Waals surface area contributed by atoms with Crippen molar-refractivity contribution in [2.24, 2.45) is 0 Å². The van der Waals surface area contributed by atoms with Crippen LogP contribution in [0.25, 0.3) is 0 Å². The van der Waals surface area contributed by atoms with E-state index in [1.807, 2.05) is 6.07 Å². The van der Waals surface area contributed by atoms with Gasteiger partial charge in [0.15, 0.2) is 5.76 Å². The summed E-state index contributed by atoms with van der Waals surface area (Å²) in [4.78, 5) is 26.6. The molecule has 98 valence electrons. The lowest BCUT2D eigenvalue weighted by atomic mass is 10.2. The van der Waals surface area contributed by atoms with Crippen LogP contribution in [0.5, 0.6) is 0 Å². The number of nitrogens with one attached hydrogen (secondary N) is 1. The molecule has 0 saturated carbocycles. The Kier molecular flexibility index (Phi) is 3.61. The fourth-order valence-corrected chi connectivity index (χ4v) is 1.54. The number of nitrogens with zero attached hydrogens (tertiary/aromatic N) is 1. The number of carbonyl (C=O) groups is 2. The smallest absolute Gasteiger partial charge is 0.338 e. The Bertz CT molecular complexity index is 592. The molecule has 0 aliphatic heterocycles. The normalized spacial score (nSPS) is 11.8. The third kappa shape index (κ3) is 2.98. The highest BCUT2D eigenvalue weighted by Crippen LogP contribution is 2.12. The van der Waals surface area contributed by atoms with Gasteiger partial charge in [-0.25, -0.2) is 4.79 Å². The molecule has 1 amide bonds. The van der Waals surface area contributed by atoms with Crippen molar-refractivity contribution in [1.82, 2.24) is 10.3 Å². The lowest BCUT2D eigenvalue weighted by molar-refractivity contribution is 0.0695. The van der Waals surface area contributed by atoms with Gasteiger partial charge in [0, 0.05) is 12.3 Å². The van der Waals surface area contributed by atoms with E-state index in [2.05, 4.69) is 10.3 Å². The zero-order chi connectivity index (χ0) is 13.8. The fraction of sp³-hybridized carbons (Fsp3) is 0.154. The lowest BCUT2D eigenvalue weighted by Crippen LogP contribution is -2.26. The Morgan fingerprint density at radius 3 is 2.79 bits per heavy atom. The van der Waals surface area contributed by atoms with Crippen LogP contribution in [0, 0.1) is 0 Å². The largest absolute Gasteiger partial charge is 0.478 e. The van der Waals surface area contributed by atoms with Crippen LogP contribution in [0.15, 0.2) is 41.1 Å². The van der Waals surface area contributed by atoms with E-state index in [0.717, 1.165) is 6.26 Å². The number of aromatic carboxylic acids is 1. The summed E-state index contributed by atoms with van der Waals surface area (Å²) in [7, 11) is 0. The van der Waals surface area contributed by atoms with Crippen LogP contribution < -0.4 is 5.32 Å². The van der Waals surface area contributed by atoms with E-state index in [-0.39, 0.29) is 17.4 Å². The third-order valence-electron chi connectivity index (χ3n) is 2.55.